The monoisotopic (exact) mass is 168 g/mol. The molecule has 1 radical (unpaired) electrons. The van der Waals surface area contributed by atoms with E-state index in [9.17, 15) is 9.18 Å². The van der Waals surface area contributed by atoms with E-state index < -0.39 is 11.9 Å². The molecule has 0 aliphatic rings. The molecule has 63 valence electrons. The standard InChI is InChI=1S/C8H7FNO2/c9-7-4-2-1-3-6(7)5-12-8(10)11/h1-5H,(H2,10,11). The highest BCUT2D eigenvalue weighted by Gasteiger charge is 2.02. The van der Waals surface area contributed by atoms with Crippen LogP contribution in [0, 0.1) is 12.4 Å². The summed E-state index contributed by atoms with van der Waals surface area (Å²) < 4.78 is 17.1. The van der Waals surface area contributed by atoms with Crippen LogP contribution in [0.5, 0.6) is 0 Å². The van der Waals surface area contributed by atoms with Gasteiger partial charge in [-0.1, -0.05) is 18.2 Å². The maximum absolute atomic E-state index is 12.8. The fraction of sp³-hybridized carbons (Fsp3) is 0. The van der Waals surface area contributed by atoms with Gasteiger partial charge in [-0.3, -0.25) is 0 Å². The minimum Gasteiger partial charge on any atom is -0.437 e. The van der Waals surface area contributed by atoms with Crippen LogP contribution in [-0.2, 0) is 4.74 Å². The summed E-state index contributed by atoms with van der Waals surface area (Å²) in [5, 5.41) is 0. The fourth-order valence-electron chi connectivity index (χ4n) is 0.692. The van der Waals surface area contributed by atoms with Crippen LogP contribution in [0.4, 0.5) is 9.18 Å². The van der Waals surface area contributed by atoms with Gasteiger partial charge in [0, 0.05) is 5.56 Å². The number of primary amides is 1. The predicted octanol–water partition coefficient (Wildman–Crippen LogP) is 1.43. The SMILES string of the molecule is NC(=O)O[CH]c1ccccc1F. The summed E-state index contributed by atoms with van der Waals surface area (Å²) >= 11 is 0. The lowest BCUT2D eigenvalue weighted by Gasteiger charge is -2.00. The molecule has 4 heteroatoms. The second kappa shape index (κ2) is 3.71. The van der Waals surface area contributed by atoms with E-state index in [-0.39, 0.29) is 5.56 Å². The van der Waals surface area contributed by atoms with Gasteiger partial charge < -0.3 is 10.5 Å². The van der Waals surface area contributed by atoms with Crippen molar-refractivity contribution in [2.75, 3.05) is 0 Å². The lowest BCUT2D eigenvalue weighted by Crippen LogP contribution is -2.11. The first-order valence-corrected chi connectivity index (χ1v) is 3.24. The summed E-state index contributed by atoms with van der Waals surface area (Å²) in [6.45, 7) is 0.970. The first-order valence-electron chi connectivity index (χ1n) is 3.24. The van der Waals surface area contributed by atoms with Crippen LogP contribution < -0.4 is 5.73 Å². The summed E-state index contributed by atoms with van der Waals surface area (Å²) in [6.07, 6.45) is -0.960. The molecule has 0 aliphatic carbocycles. The van der Waals surface area contributed by atoms with Crippen molar-refractivity contribution in [1.29, 1.82) is 0 Å². The second-order valence-electron chi connectivity index (χ2n) is 2.08. The highest BCUT2D eigenvalue weighted by molar-refractivity contribution is 5.65. The molecular formula is C8H7FNO2. The van der Waals surface area contributed by atoms with E-state index in [0.29, 0.717) is 0 Å². The lowest BCUT2D eigenvalue weighted by molar-refractivity contribution is 0.186. The third-order valence-electron chi connectivity index (χ3n) is 1.21. The number of amides is 1. The average molecular weight is 168 g/mol. The Kier molecular flexibility index (Phi) is 2.63. The minimum absolute atomic E-state index is 0.191. The number of nitrogens with two attached hydrogens (primary N) is 1. The van der Waals surface area contributed by atoms with Crippen molar-refractivity contribution >= 4 is 6.09 Å². The molecule has 0 bridgehead atoms. The van der Waals surface area contributed by atoms with Crippen molar-refractivity contribution in [2.45, 2.75) is 0 Å². The number of hydrogen-bond acceptors (Lipinski definition) is 2. The smallest absolute Gasteiger partial charge is 0.405 e. The van der Waals surface area contributed by atoms with Crippen molar-refractivity contribution < 1.29 is 13.9 Å². The Morgan fingerprint density at radius 3 is 2.75 bits per heavy atom. The first kappa shape index (κ1) is 8.52. The van der Waals surface area contributed by atoms with E-state index >= 15 is 0 Å². The molecule has 2 N–H and O–H groups in total. The summed E-state index contributed by atoms with van der Waals surface area (Å²) in [7, 11) is 0. The highest BCUT2D eigenvalue weighted by Crippen LogP contribution is 2.08. The maximum Gasteiger partial charge on any atom is 0.405 e. The fourth-order valence-corrected chi connectivity index (χ4v) is 0.692. The third-order valence-corrected chi connectivity index (χ3v) is 1.21. The van der Waals surface area contributed by atoms with E-state index in [1.54, 1.807) is 6.07 Å². The van der Waals surface area contributed by atoms with Crippen LogP contribution in [0.2, 0.25) is 0 Å². The van der Waals surface area contributed by atoms with Crippen LogP contribution >= 0.6 is 0 Å². The minimum atomic E-state index is -0.960. The average Bonchev–Trinajstić information content (AvgIpc) is 2.03. The summed E-state index contributed by atoms with van der Waals surface area (Å²) in [5.41, 5.74) is 4.87. The number of carbonyl (C=O) groups excluding carboxylic acids is 1. The van der Waals surface area contributed by atoms with E-state index in [4.69, 9.17) is 0 Å². The predicted molar refractivity (Wildman–Crippen MR) is 40.5 cm³/mol. The van der Waals surface area contributed by atoms with Crippen LogP contribution in [-0.4, -0.2) is 6.09 Å². The van der Waals surface area contributed by atoms with Gasteiger partial charge in [-0.25, -0.2) is 9.18 Å². The van der Waals surface area contributed by atoms with E-state index in [2.05, 4.69) is 10.5 Å². The molecule has 1 amide bonds. The molecule has 0 unspecified atom stereocenters. The van der Waals surface area contributed by atoms with Gasteiger partial charge in [-0.05, 0) is 6.07 Å². The number of ether oxygens (including phenoxy) is 1. The molecule has 0 atom stereocenters. The molecule has 0 spiro atoms. The van der Waals surface area contributed by atoms with Crippen LogP contribution in [0.15, 0.2) is 24.3 Å². The normalized spacial score (nSPS) is 9.42. The molecule has 0 aliphatic heterocycles. The molecule has 12 heavy (non-hydrogen) atoms. The molecule has 3 nitrogen and oxygen atoms in total. The van der Waals surface area contributed by atoms with Crippen molar-refractivity contribution in [1.82, 2.24) is 0 Å². The van der Waals surface area contributed by atoms with Crippen molar-refractivity contribution in [3.05, 3.63) is 42.3 Å². The van der Waals surface area contributed by atoms with Crippen molar-refractivity contribution in [3.8, 4) is 0 Å². The molecular weight excluding hydrogens is 161 g/mol. The highest BCUT2D eigenvalue weighted by atomic mass is 19.1. The number of benzene rings is 1. The van der Waals surface area contributed by atoms with Crippen LogP contribution in [0.3, 0.4) is 0 Å². The number of hydrogen-bond donors (Lipinski definition) is 1. The summed E-state index contributed by atoms with van der Waals surface area (Å²) in [6, 6.07) is 5.89. The van der Waals surface area contributed by atoms with E-state index in [0.717, 1.165) is 6.61 Å². The molecule has 1 rings (SSSR count). The molecule has 0 heterocycles. The Hall–Kier alpha value is -1.58. The van der Waals surface area contributed by atoms with Crippen LogP contribution in [0.1, 0.15) is 5.56 Å². The molecule has 1 aromatic carbocycles. The Morgan fingerprint density at radius 2 is 2.17 bits per heavy atom. The summed E-state index contributed by atoms with van der Waals surface area (Å²) in [4.78, 5) is 10.1. The molecule has 0 fully saturated rings. The molecule has 0 aromatic heterocycles. The largest absolute Gasteiger partial charge is 0.437 e. The Balaban J connectivity index is 2.63. The Labute approximate surface area is 68.9 Å². The quantitative estimate of drug-likeness (QED) is 0.726. The Bertz CT molecular complexity index is 288. The van der Waals surface area contributed by atoms with Crippen LogP contribution in [0.25, 0.3) is 0 Å². The van der Waals surface area contributed by atoms with E-state index in [1.165, 1.54) is 18.2 Å². The lowest BCUT2D eigenvalue weighted by atomic mass is 10.2. The van der Waals surface area contributed by atoms with Gasteiger partial charge in [0.1, 0.15) is 5.82 Å². The number of carbonyl (C=O) groups is 1. The number of rotatable bonds is 2. The second-order valence-corrected chi connectivity index (χ2v) is 2.08. The zero-order chi connectivity index (χ0) is 8.97. The topological polar surface area (TPSA) is 52.3 Å². The molecule has 0 saturated carbocycles. The van der Waals surface area contributed by atoms with Crippen molar-refractivity contribution in [2.24, 2.45) is 5.73 Å². The van der Waals surface area contributed by atoms with Gasteiger partial charge in [0.25, 0.3) is 0 Å². The van der Waals surface area contributed by atoms with Gasteiger partial charge in [0.15, 0.2) is 6.61 Å². The van der Waals surface area contributed by atoms with Gasteiger partial charge >= 0.3 is 6.09 Å². The first-order chi connectivity index (χ1) is 5.70. The van der Waals surface area contributed by atoms with Gasteiger partial charge in [-0.2, -0.15) is 0 Å². The Morgan fingerprint density at radius 1 is 1.50 bits per heavy atom. The number of halogens is 1. The molecule has 0 saturated heterocycles. The van der Waals surface area contributed by atoms with Gasteiger partial charge in [0.05, 0.1) is 0 Å². The zero-order valence-electron chi connectivity index (χ0n) is 6.16. The maximum atomic E-state index is 12.8. The summed E-state index contributed by atoms with van der Waals surface area (Å²) in [5.74, 6) is -0.459. The van der Waals surface area contributed by atoms with E-state index in [1.807, 2.05) is 0 Å². The third kappa shape index (κ3) is 2.23. The molecule has 1 aromatic rings. The van der Waals surface area contributed by atoms with Gasteiger partial charge in [-0.15, -0.1) is 0 Å². The van der Waals surface area contributed by atoms with Crippen molar-refractivity contribution in [3.63, 3.8) is 0 Å². The zero-order valence-corrected chi connectivity index (χ0v) is 6.16. The van der Waals surface area contributed by atoms with Gasteiger partial charge in [0.2, 0.25) is 0 Å².